The molecule has 0 saturated heterocycles. The molecule has 0 aliphatic heterocycles. The van der Waals surface area contributed by atoms with Gasteiger partial charge in [-0.2, -0.15) is 10.5 Å². The van der Waals surface area contributed by atoms with Gasteiger partial charge in [-0.25, -0.2) is 0 Å². The van der Waals surface area contributed by atoms with Gasteiger partial charge in [0.15, 0.2) is 0 Å². The van der Waals surface area contributed by atoms with Gasteiger partial charge in [0, 0.05) is 49.3 Å². The van der Waals surface area contributed by atoms with Crippen LogP contribution in [0.2, 0.25) is 0 Å². The third-order valence-electron chi connectivity index (χ3n) is 11.1. The van der Waals surface area contributed by atoms with E-state index in [2.05, 4.69) is 159 Å². The maximum Gasteiger partial charge on any atom is 0.102 e. The quantitative estimate of drug-likeness (QED) is 0.184. The maximum atomic E-state index is 10.9. The second-order valence-electron chi connectivity index (χ2n) is 14.0. The van der Waals surface area contributed by atoms with Crippen LogP contribution in [0.1, 0.15) is 11.1 Å². The third-order valence-corrected chi connectivity index (χ3v) is 11.1. The van der Waals surface area contributed by atoms with Gasteiger partial charge in [0.25, 0.3) is 0 Å². The van der Waals surface area contributed by atoms with Crippen molar-refractivity contribution in [3.63, 3.8) is 0 Å². The van der Waals surface area contributed by atoms with Crippen molar-refractivity contribution in [2.75, 3.05) is 0 Å². The van der Waals surface area contributed by atoms with Crippen LogP contribution in [-0.2, 0) is 0 Å². The predicted molar refractivity (Wildman–Crippen MR) is 224 cm³/mol. The van der Waals surface area contributed by atoms with E-state index in [4.69, 9.17) is 0 Å². The second-order valence-corrected chi connectivity index (χ2v) is 14.0. The highest BCUT2D eigenvalue weighted by Crippen LogP contribution is 2.39. The third kappa shape index (κ3) is 4.45. The Bertz CT molecular complexity index is 3400. The molecule has 0 saturated carbocycles. The first-order valence-electron chi connectivity index (χ1n) is 18.3. The molecule has 0 spiro atoms. The van der Waals surface area contributed by atoms with E-state index >= 15 is 0 Å². The average molecular weight is 700 g/mol. The van der Waals surface area contributed by atoms with E-state index in [0.29, 0.717) is 11.1 Å². The number of para-hydroxylation sites is 4. The lowest BCUT2D eigenvalue weighted by atomic mass is 9.98. The van der Waals surface area contributed by atoms with Gasteiger partial charge < -0.3 is 13.7 Å². The molecule has 3 aromatic heterocycles. The van der Waals surface area contributed by atoms with Gasteiger partial charge in [-0.1, -0.05) is 109 Å². The molecule has 0 unspecified atom stereocenters. The smallest absolute Gasteiger partial charge is 0.102 e. The summed E-state index contributed by atoms with van der Waals surface area (Å²) in [7, 11) is 0. The Morgan fingerprint density at radius 1 is 0.345 bits per heavy atom. The SMILES string of the molecule is N#Cc1ccc2c3ccccc3n(-c3ccc(-c4cccc(-n5c6ccccc6c6ccc(-n7c8ccccc8c8ccccc87)cc65)c4C#N)cc3)c2c1. The Morgan fingerprint density at radius 3 is 1.38 bits per heavy atom. The number of aromatic nitrogens is 3. The lowest BCUT2D eigenvalue weighted by molar-refractivity contribution is 1.15. The average Bonchev–Trinajstić information content (AvgIpc) is 3.88. The highest BCUT2D eigenvalue weighted by atomic mass is 15.0. The molecule has 5 heteroatoms. The van der Waals surface area contributed by atoms with Crippen LogP contribution in [0.5, 0.6) is 0 Å². The minimum absolute atomic E-state index is 0.607. The molecule has 8 aromatic carbocycles. The van der Waals surface area contributed by atoms with Crippen LogP contribution in [0.15, 0.2) is 176 Å². The van der Waals surface area contributed by atoms with E-state index in [1.165, 1.54) is 10.8 Å². The Labute approximate surface area is 316 Å². The molecule has 254 valence electrons. The van der Waals surface area contributed by atoms with Crippen molar-refractivity contribution >= 4 is 65.4 Å². The van der Waals surface area contributed by atoms with Crippen molar-refractivity contribution in [1.82, 2.24) is 13.7 Å². The lowest BCUT2D eigenvalue weighted by Crippen LogP contribution is -2.01. The zero-order valence-electron chi connectivity index (χ0n) is 29.5. The minimum atomic E-state index is 0.607. The van der Waals surface area contributed by atoms with Crippen LogP contribution in [0.25, 0.3) is 93.6 Å². The number of nitriles is 2. The Balaban J connectivity index is 1.10. The molecule has 0 amide bonds. The summed E-state index contributed by atoms with van der Waals surface area (Å²) in [4.78, 5) is 0. The van der Waals surface area contributed by atoms with Crippen molar-refractivity contribution in [1.29, 1.82) is 10.5 Å². The van der Waals surface area contributed by atoms with Crippen molar-refractivity contribution in [2.24, 2.45) is 0 Å². The molecular weight excluding hydrogens is 671 g/mol. The van der Waals surface area contributed by atoms with Gasteiger partial charge in [0.05, 0.1) is 56.0 Å². The molecule has 0 bridgehead atoms. The van der Waals surface area contributed by atoms with Gasteiger partial charge in [-0.05, 0) is 72.3 Å². The summed E-state index contributed by atoms with van der Waals surface area (Å²) in [5.41, 5.74) is 12.4. The largest absolute Gasteiger partial charge is 0.309 e. The van der Waals surface area contributed by atoms with Crippen LogP contribution in [0.4, 0.5) is 0 Å². The molecule has 0 N–H and O–H groups in total. The maximum absolute atomic E-state index is 10.9. The van der Waals surface area contributed by atoms with E-state index in [1.54, 1.807) is 0 Å². The topological polar surface area (TPSA) is 62.4 Å². The molecule has 0 fully saturated rings. The summed E-state index contributed by atoms with van der Waals surface area (Å²) >= 11 is 0. The second kappa shape index (κ2) is 11.8. The van der Waals surface area contributed by atoms with Crippen molar-refractivity contribution in [3.8, 4) is 40.3 Å². The summed E-state index contributed by atoms with van der Waals surface area (Å²) in [6.45, 7) is 0. The fourth-order valence-corrected chi connectivity index (χ4v) is 8.75. The van der Waals surface area contributed by atoms with Crippen LogP contribution < -0.4 is 0 Å². The van der Waals surface area contributed by atoms with Gasteiger partial charge >= 0.3 is 0 Å². The molecule has 11 aromatic rings. The van der Waals surface area contributed by atoms with Crippen LogP contribution in [0.3, 0.4) is 0 Å². The highest BCUT2D eigenvalue weighted by Gasteiger charge is 2.20. The Morgan fingerprint density at radius 2 is 0.818 bits per heavy atom. The van der Waals surface area contributed by atoms with E-state index in [1.807, 2.05) is 42.5 Å². The fourth-order valence-electron chi connectivity index (χ4n) is 8.75. The number of hydrogen-bond donors (Lipinski definition) is 0. The van der Waals surface area contributed by atoms with Crippen molar-refractivity contribution < 1.29 is 0 Å². The van der Waals surface area contributed by atoms with E-state index in [9.17, 15) is 10.5 Å². The summed E-state index contributed by atoms with van der Waals surface area (Å²) in [5, 5.41) is 27.6. The summed E-state index contributed by atoms with van der Waals surface area (Å²) in [6, 6.07) is 65.9. The molecule has 0 atom stereocenters. The summed E-state index contributed by atoms with van der Waals surface area (Å²) < 4.78 is 6.81. The number of nitrogens with zero attached hydrogens (tertiary/aromatic N) is 5. The standard InChI is InChI=1S/C50H29N5/c51-30-32-20-26-41-39-12-3-5-15-44(39)53(49(41)28-32)34-23-21-33(22-24-34)36-14-9-19-48(43(36)31-52)55-47-18-8-4-13-40(47)42-27-25-35(29-50(42)55)54-45-16-6-1-10-37(45)38-11-2-7-17-46(38)54/h1-29H. The monoisotopic (exact) mass is 699 g/mol. The first kappa shape index (κ1) is 30.7. The Kier molecular flexibility index (Phi) is 6.61. The molecule has 5 nitrogen and oxygen atoms in total. The van der Waals surface area contributed by atoms with E-state index in [0.717, 1.165) is 82.8 Å². The molecule has 0 radical (unpaired) electrons. The number of fused-ring (bicyclic) bond motifs is 9. The Hall–Kier alpha value is -7.86. The van der Waals surface area contributed by atoms with Crippen molar-refractivity contribution in [3.05, 3.63) is 187 Å². The first-order chi connectivity index (χ1) is 27.2. The highest BCUT2D eigenvalue weighted by molar-refractivity contribution is 6.12. The van der Waals surface area contributed by atoms with Gasteiger partial charge in [0.2, 0.25) is 0 Å². The molecule has 3 heterocycles. The van der Waals surface area contributed by atoms with Crippen molar-refractivity contribution in [2.45, 2.75) is 0 Å². The van der Waals surface area contributed by atoms with Crippen LogP contribution in [0, 0.1) is 22.7 Å². The summed E-state index contributed by atoms with van der Waals surface area (Å²) in [5.74, 6) is 0. The normalized spacial score (nSPS) is 11.6. The minimum Gasteiger partial charge on any atom is -0.309 e. The molecular formula is C50H29N5. The number of rotatable bonds is 4. The lowest BCUT2D eigenvalue weighted by Gasteiger charge is -2.15. The fraction of sp³-hybridized carbons (Fsp3) is 0. The molecule has 55 heavy (non-hydrogen) atoms. The number of benzene rings is 8. The summed E-state index contributed by atoms with van der Waals surface area (Å²) in [6.07, 6.45) is 0. The molecule has 0 aliphatic carbocycles. The van der Waals surface area contributed by atoms with Crippen LogP contribution >= 0.6 is 0 Å². The number of hydrogen-bond acceptors (Lipinski definition) is 2. The van der Waals surface area contributed by atoms with Crippen LogP contribution in [-0.4, -0.2) is 13.7 Å². The van der Waals surface area contributed by atoms with Gasteiger partial charge in [-0.3, -0.25) is 0 Å². The first-order valence-corrected chi connectivity index (χ1v) is 18.3. The zero-order valence-corrected chi connectivity index (χ0v) is 29.5. The zero-order chi connectivity index (χ0) is 36.6. The van der Waals surface area contributed by atoms with E-state index in [-0.39, 0.29) is 0 Å². The molecule has 0 aliphatic rings. The van der Waals surface area contributed by atoms with Gasteiger partial charge in [0.1, 0.15) is 6.07 Å². The predicted octanol–water partition coefficient (Wildman–Crippen LogP) is 12.4. The van der Waals surface area contributed by atoms with Gasteiger partial charge in [-0.15, -0.1) is 0 Å². The van der Waals surface area contributed by atoms with E-state index < -0.39 is 0 Å². The molecule has 11 rings (SSSR count).